The van der Waals surface area contributed by atoms with Crippen molar-refractivity contribution in [1.82, 2.24) is 10.3 Å². The number of amides is 1. The SMILES string of the molecule is CN(C)c1ncccc1C(=O)NCC1(CO)CC1. The molecule has 2 rings (SSSR count). The van der Waals surface area contributed by atoms with Crippen LogP contribution in [0.3, 0.4) is 0 Å². The maximum Gasteiger partial charge on any atom is 0.255 e. The van der Waals surface area contributed by atoms with Gasteiger partial charge in [-0.05, 0) is 25.0 Å². The molecule has 1 aliphatic rings. The number of pyridine rings is 1. The molecule has 0 radical (unpaired) electrons. The summed E-state index contributed by atoms with van der Waals surface area (Å²) in [5.74, 6) is 0.523. The van der Waals surface area contributed by atoms with Gasteiger partial charge in [-0.3, -0.25) is 4.79 Å². The molecule has 1 aromatic heterocycles. The standard InChI is InChI=1S/C13H19N3O2/c1-16(2)11-10(4-3-7-14-11)12(18)15-8-13(9-17)5-6-13/h3-4,7,17H,5-6,8-9H2,1-2H3,(H,15,18). The first-order chi connectivity index (χ1) is 8.58. The molecule has 0 aliphatic heterocycles. The third kappa shape index (κ3) is 2.61. The molecule has 0 bridgehead atoms. The van der Waals surface area contributed by atoms with Crippen molar-refractivity contribution >= 4 is 11.7 Å². The van der Waals surface area contributed by atoms with Crippen LogP contribution in [0.25, 0.3) is 0 Å². The van der Waals surface area contributed by atoms with E-state index in [2.05, 4.69) is 10.3 Å². The summed E-state index contributed by atoms with van der Waals surface area (Å²) in [6.07, 6.45) is 3.64. The molecule has 5 heteroatoms. The Kier molecular flexibility index (Phi) is 3.52. The van der Waals surface area contributed by atoms with Crippen LogP contribution in [0.15, 0.2) is 18.3 Å². The van der Waals surface area contributed by atoms with Gasteiger partial charge in [0.05, 0.1) is 12.2 Å². The van der Waals surface area contributed by atoms with Crippen LogP contribution in [0, 0.1) is 5.41 Å². The van der Waals surface area contributed by atoms with E-state index in [0.29, 0.717) is 17.9 Å². The number of hydrogen-bond donors (Lipinski definition) is 2. The zero-order chi connectivity index (χ0) is 13.2. The highest BCUT2D eigenvalue weighted by Gasteiger charge is 2.42. The fourth-order valence-electron chi connectivity index (χ4n) is 1.86. The summed E-state index contributed by atoms with van der Waals surface area (Å²) in [6, 6.07) is 3.51. The highest BCUT2D eigenvalue weighted by molar-refractivity contribution is 5.98. The second-order valence-corrected chi connectivity index (χ2v) is 5.11. The molecule has 2 N–H and O–H groups in total. The summed E-state index contributed by atoms with van der Waals surface area (Å²) in [7, 11) is 3.71. The number of rotatable bonds is 5. The molecule has 0 aromatic carbocycles. The van der Waals surface area contributed by atoms with Gasteiger partial charge in [0, 0.05) is 32.3 Å². The summed E-state index contributed by atoms with van der Waals surface area (Å²) in [6.45, 7) is 0.672. The minimum Gasteiger partial charge on any atom is -0.396 e. The van der Waals surface area contributed by atoms with Gasteiger partial charge < -0.3 is 15.3 Å². The van der Waals surface area contributed by atoms with E-state index in [1.165, 1.54) is 0 Å². The van der Waals surface area contributed by atoms with Crippen molar-refractivity contribution in [2.45, 2.75) is 12.8 Å². The van der Waals surface area contributed by atoms with Gasteiger partial charge in [-0.25, -0.2) is 4.98 Å². The zero-order valence-electron chi connectivity index (χ0n) is 10.8. The van der Waals surface area contributed by atoms with E-state index in [4.69, 9.17) is 0 Å². The van der Waals surface area contributed by atoms with Crippen LogP contribution >= 0.6 is 0 Å². The van der Waals surface area contributed by atoms with Gasteiger partial charge >= 0.3 is 0 Å². The smallest absolute Gasteiger partial charge is 0.255 e. The average Bonchev–Trinajstić information content (AvgIpc) is 3.16. The molecular weight excluding hydrogens is 230 g/mol. The van der Waals surface area contributed by atoms with Crippen LogP contribution < -0.4 is 10.2 Å². The first kappa shape index (κ1) is 12.8. The van der Waals surface area contributed by atoms with Gasteiger partial charge in [0.15, 0.2) is 0 Å². The molecule has 1 aromatic rings. The fraction of sp³-hybridized carbons (Fsp3) is 0.538. The van der Waals surface area contributed by atoms with Crippen LogP contribution in [0.2, 0.25) is 0 Å². The number of aromatic nitrogens is 1. The molecule has 5 nitrogen and oxygen atoms in total. The van der Waals surface area contributed by atoms with Gasteiger partial charge in [-0.15, -0.1) is 0 Å². The molecule has 1 heterocycles. The number of anilines is 1. The molecule has 1 aliphatic carbocycles. The molecule has 18 heavy (non-hydrogen) atoms. The quantitative estimate of drug-likeness (QED) is 0.804. The van der Waals surface area contributed by atoms with E-state index in [1.807, 2.05) is 19.0 Å². The minimum atomic E-state index is -0.133. The van der Waals surface area contributed by atoms with Gasteiger partial charge in [0.25, 0.3) is 5.91 Å². The van der Waals surface area contributed by atoms with Crippen molar-refractivity contribution in [2.75, 3.05) is 32.1 Å². The fourth-order valence-corrected chi connectivity index (χ4v) is 1.86. The Hall–Kier alpha value is -1.62. The van der Waals surface area contributed by atoms with Crippen molar-refractivity contribution in [3.63, 3.8) is 0 Å². The van der Waals surface area contributed by atoms with E-state index in [9.17, 15) is 9.90 Å². The van der Waals surface area contributed by atoms with Gasteiger partial charge in [0.2, 0.25) is 0 Å². The Morgan fingerprint density at radius 2 is 2.28 bits per heavy atom. The molecular formula is C13H19N3O2. The Morgan fingerprint density at radius 1 is 1.56 bits per heavy atom. The largest absolute Gasteiger partial charge is 0.396 e. The lowest BCUT2D eigenvalue weighted by molar-refractivity contribution is 0.0935. The summed E-state index contributed by atoms with van der Waals surface area (Å²) in [4.78, 5) is 18.1. The first-order valence-corrected chi connectivity index (χ1v) is 6.09. The maximum atomic E-state index is 12.1. The normalized spacial score (nSPS) is 16.2. The van der Waals surface area contributed by atoms with Crippen LogP contribution in [0.1, 0.15) is 23.2 Å². The predicted octanol–water partition coefficient (Wildman–Crippen LogP) is 0.650. The Bertz CT molecular complexity index is 442. The highest BCUT2D eigenvalue weighted by atomic mass is 16.3. The van der Waals surface area contributed by atoms with Crippen LogP contribution in [0.4, 0.5) is 5.82 Å². The van der Waals surface area contributed by atoms with Crippen molar-refractivity contribution in [3.05, 3.63) is 23.9 Å². The Balaban J connectivity index is 2.05. The molecule has 98 valence electrons. The number of aliphatic hydroxyl groups is 1. The monoisotopic (exact) mass is 249 g/mol. The predicted molar refractivity (Wildman–Crippen MR) is 69.7 cm³/mol. The molecule has 1 saturated carbocycles. The highest BCUT2D eigenvalue weighted by Crippen LogP contribution is 2.44. The molecule has 0 atom stereocenters. The summed E-state index contributed by atoms with van der Waals surface area (Å²) in [5.41, 5.74) is 0.493. The van der Waals surface area contributed by atoms with Gasteiger partial charge in [0.1, 0.15) is 5.82 Å². The molecule has 0 spiro atoms. The Morgan fingerprint density at radius 3 is 2.83 bits per heavy atom. The van der Waals surface area contributed by atoms with Crippen LogP contribution in [-0.2, 0) is 0 Å². The third-order valence-electron chi connectivity index (χ3n) is 3.37. The van der Waals surface area contributed by atoms with Crippen molar-refractivity contribution in [3.8, 4) is 0 Å². The van der Waals surface area contributed by atoms with Crippen LogP contribution in [0.5, 0.6) is 0 Å². The lowest BCUT2D eigenvalue weighted by atomic mass is 10.1. The summed E-state index contributed by atoms with van der Waals surface area (Å²) in [5, 5.41) is 12.1. The second-order valence-electron chi connectivity index (χ2n) is 5.11. The maximum absolute atomic E-state index is 12.1. The number of nitrogens with one attached hydrogen (secondary N) is 1. The number of hydrogen-bond acceptors (Lipinski definition) is 4. The van der Waals surface area contributed by atoms with Crippen molar-refractivity contribution in [2.24, 2.45) is 5.41 Å². The lowest BCUT2D eigenvalue weighted by Crippen LogP contribution is -2.33. The van der Waals surface area contributed by atoms with Crippen molar-refractivity contribution < 1.29 is 9.90 Å². The Labute approximate surface area is 107 Å². The van der Waals surface area contributed by atoms with E-state index in [-0.39, 0.29) is 17.9 Å². The lowest BCUT2D eigenvalue weighted by Gasteiger charge is -2.17. The zero-order valence-corrected chi connectivity index (χ0v) is 10.8. The minimum absolute atomic E-state index is 0.0733. The van der Waals surface area contributed by atoms with Crippen LogP contribution in [-0.4, -0.2) is 43.2 Å². The number of carbonyl (C=O) groups excluding carboxylic acids is 1. The van der Waals surface area contributed by atoms with Gasteiger partial charge in [-0.2, -0.15) is 0 Å². The van der Waals surface area contributed by atoms with E-state index >= 15 is 0 Å². The average molecular weight is 249 g/mol. The number of carbonyl (C=O) groups is 1. The molecule has 0 saturated heterocycles. The molecule has 1 fully saturated rings. The number of aliphatic hydroxyl groups excluding tert-OH is 1. The second kappa shape index (κ2) is 4.94. The third-order valence-corrected chi connectivity index (χ3v) is 3.37. The van der Waals surface area contributed by atoms with Gasteiger partial charge in [-0.1, -0.05) is 0 Å². The van der Waals surface area contributed by atoms with Crippen molar-refractivity contribution in [1.29, 1.82) is 0 Å². The van der Waals surface area contributed by atoms with E-state index in [0.717, 1.165) is 12.8 Å². The van der Waals surface area contributed by atoms with E-state index < -0.39 is 0 Å². The molecule has 1 amide bonds. The number of nitrogens with zero attached hydrogens (tertiary/aromatic N) is 2. The topological polar surface area (TPSA) is 65.5 Å². The summed E-state index contributed by atoms with van der Waals surface area (Å²) < 4.78 is 0. The molecule has 0 unspecified atom stereocenters. The first-order valence-electron chi connectivity index (χ1n) is 6.09. The van der Waals surface area contributed by atoms with E-state index in [1.54, 1.807) is 18.3 Å². The summed E-state index contributed by atoms with van der Waals surface area (Å²) >= 11 is 0.